The Labute approximate surface area is 97.1 Å². The Balaban J connectivity index is 2.33. The third-order valence-electron chi connectivity index (χ3n) is 2.65. The van der Waals surface area contributed by atoms with Crippen LogP contribution in [0.5, 0.6) is 0 Å². The minimum Gasteiger partial charge on any atom is -0.311 e. The lowest BCUT2D eigenvalue weighted by Gasteiger charge is -2.04. The molecule has 0 amide bonds. The van der Waals surface area contributed by atoms with Gasteiger partial charge in [0.05, 0.1) is 6.04 Å². The van der Waals surface area contributed by atoms with E-state index in [1.807, 2.05) is 24.6 Å². The highest BCUT2D eigenvalue weighted by Gasteiger charge is 2.07. The van der Waals surface area contributed by atoms with Crippen molar-refractivity contribution in [3.05, 3.63) is 16.1 Å². The van der Waals surface area contributed by atoms with Crippen LogP contribution in [0.4, 0.5) is 0 Å². The van der Waals surface area contributed by atoms with Crippen molar-refractivity contribution in [1.29, 1.82) is 0 Å². The number of nitrogens with zero attached hydrogens (tertiary/aromatic N) is 1. The zero-order valence-electron chi connectivity index (χ0n) is 10.0. The molecule has 3 heteroatoms. The molecule has 0 aliphatic rings. The van der Waals surface area contributed by atoms with E-state index in [4.69, 9.17) is 0 Å². The lowest BCUT2D eigenvalue weighted by Crippen LogP contribution is -2.11. The van der Waals surface area contributed by atoms with Gasteiger partial charge in [-0.05, 0) is 26.8 Å². The quantitative estimate of drug-likeness (QED) is 0.719. The molecule has 0 saturated carbocycles. The topological polar surface area (TPSA) is 24.9 Å². The Morgan fingerprint density at radius 1 is 1.40 bits per heavy atom. The molecule has 1 aromatic rings. The maximum absolute atomic E-state index is 4.44. The van der Waals surface area contributed by atoms with Crippen LogP contribution in [0.25, 0.3) is 0 Å². The summed E-state index contributed by atoms with van der Waals surface area (Å²) in [6.07, 6.45) is 8.58. The number of thiazole rings is 1. The third kappa shape index (κ3) is 4.31. The van der Waals surface area contributed by atoms with Crippen LogP contribution in [-0.4, -0.2) is 12.0 Å². The first-order chi connectivity index (χ1) is 7.27. The minimum absolute atomic E-state index is 0.388. The first-order valence-corrected chi connectivity index (χ1v) is 6.71. The molecule has 0 bridgehead atoms. The molecular formula is C12H22N2S. The van der Waals surface area contributed by atoms with Crippen molar-refractivity contribution < 1.29 is 0 Å². The van der Waals surface area contributed by atoms with Crippen LogP contribution in [0.3, 0.4) is 0 Å². The van der Waals surface area contributed by atoms with Crippen LogP contribution in [0.1, 0.15) is 55.5 Å². The SMILES string of the molecule is CCCCCCc1cnc(C(C)NC)s1. The largest absolute Gasteiger partial charge is 0.311 e. The van der Waals surface area contributed by atoms with Gasteiger partial charge in [-0.3, -0.25) is 0 Å². The molecule has 1 aromatic heterocycles. The van der Waals surface area contributed by atoms with Crippen LogP contribution in [-0.2, 0) is 6.42 Å². The fourth-order valence-corrected chi connectivity index (χ4v) is 2.51. The van der Waals surface area contributed by atoms with Crippen molar-refractivity contribution in [3.63, 3.8) is 0 Å². The van der Waals surface area contributed by atoms with Gasteiger partial charge in [-0.1, -0.05) is 26.2 Å². The smallest absolute Gasteiger partial charge is 0.109 e. The predicted molar refractivity (Wildman–Crippen MR) is 67.4 cm³/mol. The maximum Gasteiger partial charge on any atom is 0.109 e. The number of hydrogen-bond acceptors (Lipinski definition) is 3. The Kier molecular flexibility index (Phi) is 5.88. The van der Waals surface area contributed by atoms with Gasteiger partial charge >= 0.3 is 0 Å². The molecular weight excluding hydrogens is 204 g/mol. The molecule has 86 valence electrons. The Morgan fingerprint density at radius 3 is 2.87 bits per heavy atom. The molecule has 1 N–H and O–H groups in total. The van der Waals surface area contributed by atoms with Crippen molar-refractivity contribution in [2.45, 2.75) is 52.0 Å². The molecule has 0 radical (unpaired) electrons. The minimum atomic E-state index is 0.388. The lowest BCUT2D eigenvalue weighted by atomic mass is 10.1. The summed E-state index contributed by atoms with van der Waals surface area (Å²) in [5.41, 5.74) is 0. The lowest BCUT2D eigenvalue weighted by molar-refractivity contribution is 0.647. The van der Waals surface area contributed by atoms with E-state index >= 15 is 0 Å². The van der Waals surface area contributed by atoms with Gasteiger partial charge in [0.1, 0.15) is 5.01 Å². The van der Waals surface area contributed by atoms with Gasteiger partial charge < -0.3 is 5.32 Å². The van der Waals surface area contributed by atoms with Crippen molar-refractivity contribution in [2.24, 2.45) is 0 Å². The molecule has 1 heterocycles. The number of hydrogen-bond donors (Lipinski definition) is 1. The normalized spacial score (nSPS) is 13.0. The summed E-state index contributed by atoms with van der Waals surface area (Å²) in [7, 11) is 1.98. The van der Waals surface area contributed by atoms with E-state index in [9.17, 15) is 0 Å². The summed E-state index contributed by atoms with van der Waals surface area (Å²) in [6.45, 7) is 4.40. The standard InChI is InChI=1S/C12H22N2S/c1-4-5-6-7-8-11-9-14-12(15-11)10(2)13-3/h9-10,13H,4-8H2,1-3H3. The highest BCUT2D eigenvalue weighted by Crippen LogP contribution is 2.21. The van der Waals surface area contributed by atoms with Crippen molar-refractivity contribution in [2.75, 3.05) is 7.05 Å². The van der Waals surface area contributed by atoms with Gasteiger partial charge in [0.2, 0.25) is 0 Å². The van der Waals surface area contributed by atoms with Crippen LogP contribution in [0.2, 0.25) is 0 Å². The Bertz CT molecular complexity index is 270. The van der Waals surface area contributed by atoms with Crippen molar-refractivity contribution in [1.82, 2.24) is 10.3 Å². The molecule has 0 aromatic carbocycles. The Hall–Kier alpha value is -0.410. The van der Waals surface area contributed by atoms with E-state index < -0.39 is 0 Å². The van der Waals surface area contributed by atoms with Gasteiger partial charge in [0, 0.05) is 11.1 Å². The van der Waals surface area contributed by atoms with Crippen molar-refractivity contribution in [3.8, 4) is 0 Å². The molecule has 0 aliphatic heterocycles. The third-order valence-corrected chi connectivity index (χ3v) is 3.89. The zero-order valence-corrected chi connectivity index (χ0v) is 10.9. The van der Waals surface area contributed by atoms with Crippen LogP contribution in [0.15, 0.2) is 6.20 Å². The van der Waals surface area contributed by atoms with Gasteiger partial charge in [-0.25, -0.2) is 4.98 Å². The second kappa shape index (κ2) is 6.96. The fraction of sp³-hybridized carbons (Fsp3) is 0.750. The number of aromatic nitrogens is 1. The van der Waals surface area contributed by atoms with E-state index in [2.05, 4.69) is 24.1 Å². The number of nitrogens with one attached hydrogen (secondary N) is 1. The van der Waals surface area contributed by atoms with Gasteiger partial charge in [-0.2, -0.15) is 0 Å². The molecule has 0 aliphatic carbocycles. The molecule has 1 atom stereocenters. The van der Waals surface area contributed by atoms with Gasteiger partial charge in [0.15, 0.2) is 0 Å². The first-order valence-electron chi connectivity index (χ1n) is 5.89. The second-order valence-electron chi connectivity index (χ2n) is 3.99. The molecule has 0 saturated heterocycles. The molecule has 0 fully saturated rings. The van der Waals surface area contributed by atoms with E-state index in [-0.39, 0.29) is 0 Å². The predicted octanol–water partition coefficient (Wildman–Crippen LogP) is 3.55. The summed E-state index contributed by atoms with van der Waals surface area (Å²) in [5, 5.41) is 4.43. The summed E-state index contributed by atoms with van der Waals surface area (Å²) in [6, 6.07) is 0.388. The van der Waals surface area contributed by atoms with Crippen LogP contribution >= 0.6 is 11.3 Å². The second-order valence-corrected chi connectivity index (χ2v) is 5.13. The molecule has 2 nitrogen and oxygen atoms in total. The fourth-order valence-electron chi connectivity index (χ4n) is 1.49. The molecule has 1 unspecified atom stereocenters. The first kappa shape index (κ1) is 12.7. The number of unbranched alkanes of at least 4 members (excludes halogenated alkanes) is 3. The number of aryl methyl sites for hydroxylation is 1. The highest BCUT2D eigenvalue weighted by molar-refractivity contribution is 7.11. The summed E-state index contributed by atoms with van der Waals surface area (Å²) in [4.78, 5) is 5.88. The monoisotopic (exact) mass is 226 g/mol. The summed E-state index contributed by atoms with van der Waals surface area (Å²) in [5.74, 6) is 0. The number of rotatable bonds is 7. The summed E-state index contributed by atoms with van der Waals surface area (Å²) < 4.78 is 0. The average molecular weight is 226 g/mol. The molecule has 0 spiro atoms. The molecule has 1 rings (SSSR count). The summed E-state index contributed by atoms with van der Waals surface area (Å²) >= 11 is 1.85. The average Bonchev–Trinajstić information content (AvgIpc) is 2.72. The van der Waals surface area contributed by atoms with E-state index in [0.717, 1.165) is 0 Å². The van der Waals surface area contributed by atoms with Gasteiger partial charge in [-0.15, -0.1) is 11.3 Å². The Morgan fingerprint density at radius 2 is 2.20 bits per heavy atom. The molecule has 15 heavy (non-hydrogen) atoms. The highest BCUT2D eigenvalue weighted by atomic mass is 32.1. The van der Waals surface area contributed by atoms with E-state index in [1.165, 1.54) is 42.0 Å². The van der Waals surface area contributed by atoms with E-state index in [0.29, 0.717) is 6.04 Å². The zero-order chi connectivity index (χ0) is 11.1. The van der Waals surface area contributed by atoms with Crippen molar-refractivity contribution >= 4 is 11.3 Å². The van der Waals surface area contributed by atoms with Crippen LogP contribution < -0.4 is 5.32 Å². The maximum atomic E-state index is 4.44. The van der Waals surface area contributed by atoms with Crippen LogP contribution in [0, 0.1) is 0 Å². The van der Waals surface area contributed by atoms with Gasteiger partial charge in [0.25, 0.3) is 0 Å². The van der Waals surface area contributed by atoms with E-state index in [1.54, 1.807) is 0 Å².